The first-order valence-corrected chi connectivity index (χ1v) is 5.66. The molecule has 2 N–H and O–H groups in total. The Bertz CT molecular complexity index is 579. The molecule has 0 heterocycles. The van der Waals surface area contributed by atoms with Crippen LogP contribution >= 0.6 is 22.6 Å². The zero-order valence-electron chi connectivity index (χ0n) is 8.34. The van der Waals surface area contributed by atoms with E-state index in [9.17, 15) is 0 Å². The lowest BCUT2D eigenvalue weighted by atomic mass is 10.00. The third-order valence-corrected chi connectivity index (χ3v) is 3.30. The fourth-order valence-corrected chi connectivity index (χ4v) is 2.67. The smallest absolute Gasteiger partial charge is 0.0360 e. The normalized spacial score (nSPS) is 10.2. The lowest BCUT2D eigenvalue weighted by Crippen LogP contribution is -1.91. The summed E-state index contributed by atoms with van der Waals surface area (Å²) in [7, 11) is 0. The summed E-state index contributed by atoms with van der Waals surface area (Å²) in [6, 6.07) is 8.00. The molecule has 0 aliphatic carbocycles. The van der Waals surface area contributed by atoms with Crippen molar-refractivity contribution in [1.82, 2.24) is 0 Å². The number of halogens is 1. The van der Waals surface area contributed by atoms with Gasteiger partial charge in [0.2, 0.25) is 0 Å². The highest BCUT2D eigenvalue weighted by atomic mass is 127. The highest BCUT2D eigenvalue weighted by Crippen LogP contribution is 2.28. The molecular weight excluding hydrogens is 297 g/mol. The lowest BCUT2D eigenvalue weighted by molar-refractivity contribution is 1.47. The number of hydrogen-bond donors (Lipinski definition) is 1. The predicted octanol–water partition coefficient (Wildman–Crippen LogP) is 3.32. The molecule has 74 valence electrons. The summed E-state index contributed by atoms with van der Waals surface area (Å²) in [6.45, 7) is 2.03. The van der Waals surface area contributed by atoms with Gasteiger partial charge in [0.25, 0.3) is 0 Å². The summed E-state index contributed by atoms with van der Waals surface area (Å²) >= 11 is 2.27. The Morgan fingerprint density at radius 1 is 1.33 bits per heavy atom. The summed E-state index contributed by atoms with van der Waals surface area (Å²) in [5.74, 6) is 2.75. The molecule has 0 atom stereocenters. The van der Waals surface area contributed by atoms with Crippen LogP contribution in [0.1, 0.15) is 11.1 Å². The van der Waals surface area contributed by atoms with Crippen molar-refractivity contribution >= 4 is 39.1 Å². The molecule has 0 saturated heterocycles. The number of nitrogen functional groups attached to an aromatic ring is 1. The Hall–Kier alpha value is -1.21. The average Bonchev–Trinajstić information content (AvgIpc) is 2.18. The highest BCUT2D eigenvalue weighted by Gasteiger charge is 2.06. The first-order chi connectivity index (χ1) is 7.13. The van der Waals surface area contributed by atoms with E-state index >= 15 is 0 Å². The summed E-state index contributed by atoms with van der Waals surface area (Å²) in [5.41, 5.74) is 8.68. The number of benzene rings is 2. The molecule has 2 aromatic carbocycles. The second-order valence-corrected chi connectivity index (χ2v) is 4.66. The minimum atomic E-state index is 0.777. The van der Waals surface area contributed by atoms with Crippen molar-refractivity contribution in [2.45, 2.75) is 6.92 Å². The largest absolute Gasteiger partial charge is 0.399 e. The molecule has 15 heavy (non-hydrogen) atoms. The molecular formula is C13H10IN. The van der Waals surface area contributed by atoms with Gasteiger partial charge in [0, 0.05) is 20.2 Å². The molecule has 0 spiro atoms. The lowest BCUT2D eigenvalue weighted by Gasteiger charge is -2.08. The maximum atomic E-state index is 5.80. The van der Waals surface area contributed by atoms with Gasteiger partial charge in [-0.25, -0.2) is 0 Å². The van der Waals surface area contributed by atoms with E-state index in [1.165, 1.54) is 0 Å². The number of aryl methyl sites for hydroxylation is 1. The maximum absolute atomic E-state index is 5.80. The van der Waals surface area contributed by atoms with Crippen LogP contribution < -0.4 is 5.73 Å². The van der Waals surface area contributed by atoms with Crippen molar-refractivity contribution < 1.29 is 0 Å². The van der Waals surface area contributed by atoms with E-state index in [1.807, 2.05) is 25.1 Å². The number of terminal acetylenes is 1. The van der Waals surface area contributed by atoms with Gasteiger partial charge in [-0.05, 0) is 52.6 Å². The number of anilines is 1. The van der Waals surface area contributed by atoms with Gasteiger partial charge in [0.05, 0.1) is 0 Å². The number of fused-ring (bicyclic) bond motifs is 1. The van der Waals surface area contributed by atoms with Crippen LogP contribution in [0.15, 0.2) is 24.3 Å². The van der Waals surface area contributed by atoms with Gasteiger partial charge in [-0.3, -0.25) is 0 Å². The monoisotopic (exact) mass is 307 g/mol. The van der Waals surface area contributed by atoms with E-state index in [2.05, 4.69) is 34.6 Å². The molecule has 1 nitrogen and oxygen atoms in total. The van der Waals surface area contributed by atoms with Crippen LogP contribution in [-0.4, -0.2) is 0 Å². The molecule has 0 aliphatic rings. The van der Waals surface area contributed by atoms with Crippen molar-refractivity contribution in [1.29, 1.82) is 0 Å². The molecule has 0 amide bonds. The van der Waals surface area contributed by atoms with E-state index in [-0.39, 0.29) is 0 Å². The van der Waals surface area contributed by atoms with Crippen LogP contribution in [0, 0.1) is 22.8 Å². The van der Waals surface area contributed by atoms with Crippen molar-refractivity contribution in [3.05, 3.63) is 39.0 Å². The van der Waals surface area contributed by atoms with Gasteiger partial charge >= 0.3 is 0 Å². The van der Waals surface area contributed by atoms with Crippen molar-refractivity contribution in [2.24, 2.45) is 0 Å². The Balaban J connectivity index is 3.00. The van der Waals surface area contributed by atoms with Crippen molar-refractivity contribution in [2.75, 3.05) is 5.73 Å². The van der Waals surface area contributed by atoms with E-state index in [1.54, 1.807) is 0 Å². The van der Waals surface area contributed by atoms with Gasteiger partial charge in [-0.15, -0.1) is 6.42 Å². The van der Waals surface area contributed by atoms with E-state index < -0.39 is 0 Å². The molecule has 0 radical (unpaired) electrons. The second kappa shape index (κ2) is 3.74. The Labute approximate surface area is 103 Å². The van der Waals surface area contributed by atoms with Crippen LogP contribution in [0.2, 0.25) is 0 Å². The van der Waals surface area contributed by atoms with E-state index in [0.29, 0.717) is 0 Å². The molecule has 0 aromatic heterocycles. The molecule has 0 fully saturated rings. The van der Waals surface area contributed by atoms with Gasteiger partial charge in [0.15, 0.2) is 0 Å². The summed E-state index contributed by atoms with van der Waals surface area (Å²) in [4.78, 5) is 0. The van der Waals surface area contributed by atoms with Crippen LogP contribution in [0.25, 0.3) is 10.8 Å². The Kier molecular flexibility index (Phi) is 2.57. The number of nitrogens with two attached hydrogens (primary N) is 1. The Morgan fingerprint density at radius 2 is 2.07 bits per heavy atom. The van der Waals surface area contributed by atoms with Crippen LogP contribution in [0.4, 0.5) is 5.69 Å². The quantitative estimate of drug-likeness (QED) is 0.451. The van der Waals surface area contributed by atoms with Gasteiger partial charge in [-0.2, -0.15) is 0 Å². The van der Waals surface area contributed by atoms with Crippen LogP contribution in [-0.2, 0) is 0 Å². The average molecular weight is 307 g/mol. The molecule has 0 unspecified atom stereocenters. The van der Waals surface area contributed by atoms with E-state index in [0.717, 1.165) is 31.2 Å². The molecule has 2 aromatic rings. The predicted molar refractivity (Wildman–Crippen MR) is 73.7 cm³/mol. The maximum Gasteiger partial charge on any atom is 0.0360 e. The zero-order chi connectivity index (χ0) is 11.0. The van der Waals surface area contributed by atoms with Gasteiger partial charge in [-0.1, -0.05) is 18.1 Å². The first-order valence-electron chi connectivity index (χ1n) is 4.58. The highest BCUT2D eigenvalue weighted by molar-refractivity contribution is 14.1. The molecule has 0 saturated carbocycles. The molecule has 0 bridgehead atoms. The minimum absolute atomic E-state index is 0.777. The van der Waals surface area contributed by atoms with Crippen molar-refractivity contribution in [3.8, 4) is 12.3 Å². The fourth-order valence-electron chi connectivity index (χ4n) is 1.73. The Morgan fingerprint density at radius 3 is 2.73 bits per heavy atom. The topological polar surface area (TPSA) is 26.0 Å². The SMILES string of the molecule is C#Cc1c(C)ccc2cc(N)cc(I)c12. The van der Waals surface area contributed by atoms with E-state index in [4.69, 9.17) is 12.2 Å². The molecule has 2 rings (SSSR count). The third kappa shape index (κ3) is 1.68. The first kappa shape index (κ1) is 10.3. The van der Waals surface area contributed by atoms with Crippen molar-refractivity contribution in [3.63, 3.8) is 0 Å². The summed E-state index contributed by atoms with van der Waals surface area (Å²) in [6.07, 6.45) is 5.54. The third-order valence-electron chi connectivity index (χ3n) is 2.44. The minimum Gasteiger partial charge on any atom is -0.399 e. The number of rotatable bonds is 0. The van der Waals surface area contributed by atoms with Crippen LogP contribution in [0.3, 0.4) is 0 Å². The molecule has 0 aliphatic heterocycles. The fraction of sp³-hybridized carbons (Fsp3) is 0.0769. The molecule has 2 heteroatoms. The standard InChI is InChI=1S/C13H10IN/c1-3-11-8(2)4-5-9-6-10(15)7-12(14)13(9)11/h1,4-7H,15H2,2H3. The summed E-state index contributed by atoms with van der Waals surface area (Å²) < 4.78 is 1.11. The van der Waals surface area contributed by atoms with Gasteiger partial charge in [0.1, 0.15) is 0 Å². The zero-order valence-corrected chi connectivity index (χ0v) is 10.5. The van der Waals surface area contributed by atoms with Gasteiger partial charge < -0.3 is 5.73 Å². The second-order valence-electron chi connectivity index (χ2n) is 3.50. The number of hydrogen-bond acceptors (Lipinski definition) is 1. The van der Waals surface area contributed by atoms with Crippen LogP contribution in [0.5, 0.6) is 0 Å². The summed E-state index contributed by atoms with van der Waals surface area (Å²) in [5, 5.41) is 2.24.